The van der Waals surface area contributed by atoms with E-state index in [1.54, 1.807) is 24.3 Å². The van der Waals surface area contributed by atoms with Crippen molar-refractivity contribution in [2.24, 2.45) is 0 Å². The second-order valence-corrected chi connectivity index (χ2v) is 6.85. The Balaban J connectivity index is 1.48. The van der Waals surface area contributed by atoms with E-state index in [0.717, 1.165) is 10.9 Å². The van der Waals surface area contributed by atoms with Crippen LogP contribution in [0.1, 0.15) is 5.56 Å². The van der Waals surface area contributed by atoms with Crippen LogP contribution in [0.3, 0.4) is 0 Å². The molecule has 0 bridgehead atoms. The van der Waals surface area contributed by atoms with E-state index in [-0.39, 0.29) is 22.0 Å². The van der Waals surface area contributed by atoms with Crippen molar-refractivity contribution in [3.05, 3.63) is 97.8 Å². The first kappa shape index (κ1) is 19.4. The van der Waals surface area contributed by atoms with E-state index in [2.05, 4.69) is 15.5 Å². The minimum Gasteiger partial charge on any atom is -0.450 e. The van der Waals surface area contributed by atoms with Crippen LogP contribution in [-0.4, -0.2) is 15.1 Å². The molecular weight excluding hydrogens is 408 g/mol. The Hall–Kier alpha value is -3.91. The Labute approximate surface area is 175 Å². The average molecular weight is 423 g/mol. The highest BCUT2D eigenvalue weighted by Gasteiger charge is 2.16. The van der Waals surface area contributed by atoms with Gasteiger partial charge in [-0.25, -0.2) is 5.10 Å². The molecular formula is C21H15ClN4O4. The third-order valence-electron chi connectivity index (χ3n) is 4.42. The van der Waals surface area contributed by atoms with Crippen LogP contribution in [0, 0.1) is 10.1 Å². The Morgan fingerprint density at radius 3 is 2.53 bits per heavy atom. The van der Waals surface area contributed by atoms with Crippen LogP contribution in [0.4, 0.5) is 11.5 Å². The molecule has 2 N–H and O–H groups in total. The zero-order valence-corrected chi connectivity index (χ0v) is 16.2. The molecule has 0 saturated carbocycles. The van der Waals surface area contributed by atoms with Crippen molar-refractivity contribution in [1.29, 1.82) is 0 Å². The van der Waals surface area contributed by atoms with E-state index in [1.165, 1.54) is 18.2 Å². The van der Waals surface area contributed by atoms with Gasteiger partial charge >= 0.3 is 5.69 Å². The van der Waals surface area contributed by atoms with Crippen LogP contribution < -0.4 is 15.6 Å². The lowest BCUT2D eigenvalue weighted by Gasteiger charge is -2.10. The molecule has 0 saturated heterocycles. The third-order valence-corrected chi connectivity index (χ3v) is 4.66. The molecule has 0 aliphatic heterocycles. The number of rotatable bonds is 6. The summed E-state index contributed by atoms with van der Waals surface area (Å²) in [6.45, 7) is 0.463. The number of nitro benzene ring substituents is 1. The Bertz CT molecular complexity index is 1290. The molecule has 0 spiro atoms. The standard InChI is InChI=1S/C21H15ClN4O4/c22-14-7-10-19(18(11-14)26(28)29)30-15-8-5-13(6-9-15)12-23-20-16-3-1-2-4-17(16)21(27)25-24-20/h1-11H,12H2,(H,23,24)(H,25,27). The topological polar surface area (TPSA) is 110 Å². The van der Waals surface area contributed by atoms with E-state index in [4.69, 9.17) is 16.3 Å². The van der Waals surface area contributed by atoms with Gasteiger partial charge in [-0.1, -0.05) is 41.9 Å². The monoisotopic (exact) mass is 422 g/mol. The van der Waals surface area contributed by atoms with Crippen LogP contribution in [0.5, 0.6) is 11.5 Å². The lowest BCUT2D eigenvalue weighted by molar-refractivity contribution is -0.385. The smallest absolute Gasteiger partial charge is 0.313 e. The molecule has 4 aromatic rings. The number of ether oxygens (including phenoxy) is 1. The highest BCUT2D eigenvalue weighted by atomic mass is 35.5. The van der Waals surface area contributed by atoms with Crippen LogP contribution in [0.25, 0.3) is 10.8 Å². The number of benzene rings is 3. The highest BCUT2D eigenvalue weighted by molar-refractivity contribution is 6.30. The average Bonchev–Trinajstić information content (AvgIpc) is 2.75. The Kier molecular flexibility index (Phi) is 5.32. The van der Waals surface area contributed by atoms with Crippen LogP contribution in [-0.2, 0) is 6.54 Å². The molecule has 9 heteroatoms. The number of aromatic nitrogens is 2. The first-order chi connectivity index (χ1) is 14.5. The van der Waals surface area contributed by atoms with Gasteiger partial charge in [0.25, 0.3) is 5.56 Å². The maximum atomic E-state index is 11.9. The van der Waals surface area contributed by atoms with Crippen LogP contribution >= 0.6 is 11.6 Å². The molecule has 1 aromatic heterocycles. The van der Waals surface area contributed by atoms with E-state index in [1.807, 2.05) is 24.3 Å². The number of nitro groups is 1. The number of fused-ring (bicyclic) bond motifs is 1. The van der Waals surface area contributed by atoms with Gasteiger partial charge in [-0.2, -0.15) is 5.10 Å². The van der Waals surface area contributed by atoms with E-state index in [9.17, 15) is 14.9 Å². The van der Waals surface area contributed by atoms with Crippen molar-refractivity contribution >= 4 is 33.9 Å². The van der Waals surface area contributed by atoms with Gasteiger partial charge in [-0.05, 0) is 35.9 Å². The van der Waals surface area contributed by atoms with Gasteiger partial charge in [-0.15, -0.1) is 0 Å². The van der Waals surface area contributed by atoms with Gasteiger partial charge in [0.1, 0.15) is 5.75 Å². The lowest BCUT2D eigenvalue weighted by atomic mass is 10.2. The molecule has 0 unspecified atom stereocenters. The second kappa shape index (κ2) is 8.22. The molecule has 0 atom stereocenters. The summed E-state index contributed by atoms with van der Waals surface area (Å²) >= 11 is 5.82. The lowest BCUT2D eigenvalue weighted by Crippen LogP contribution is -2.12. The summed E-state index contributed by atoms with van der Waals surface area (Å²) in [5.74, 6) is 1.14. The van der Waals surface area contributed by atoms with Gasteiger partial charge < -0.3 is 10.1 Å². The summed E-state index contributed by atoms with van der Waals surface area (Å²) in [6, 6.07) is 18.5. The fourth-order valence-electron chi connectivity index (χ4n) is 2.96. The molecule has 30 heavy (non-hydrogen) atoms. The fourth-order valence-corrected chi connectivity index (χ4v) is 3.12. The maximum absolute atomic E-state index is 11.9. The quantitative estimate of drug-likeness (QED) is 0.338. The maximum Gasteiger partial charge on any atom is 0.313 e. The molecule has 0 aliphatic carbocycles. The van der Waals surface area contributed by atoms with Crippen molar-refractivity contribution < 1.29 is 9.66 Å². The minimum atomic E-state index is -0.541. The van der Waals surface area contributed by atoms with Gasteiger partial charge in [0.15, 0.2) is 5.82 Å². The van der Waals surface area contributed by atoms with Crippen molar-refractivity contribution in [2.45, 2.75) is 6.54 Å². The second-order valence-electron chi connectivity index (χ2n) is 6.42. The first-order valence-corrected chi connectivity index (χ1v) is 9.31. The van der Waals surface area contributed by atoms with Gasteiger partial charge in [0.05, 0.1) is 10.3 Å². The van der Waals surface area contributed by atoms with Crippen molar-refractivity contribution in [3.63, 3.8) is 0 Å². The Morgan fingerprint density at radius 1 is 1.07 bits per heavy atom. The summed E-state index contributed by atoms with van der Waals surface area (Å²) in [4.78, 5) is 22.5. The third kappa shape index (κ3) is 4.08. The fraction of sp³-hybridized carbons (Fsp3) is 0.0476. The number of halogens is 1. The number of aromatic amines is 1. The summed E-state index contributed by atoms with van der Waals surface area (Å²) < 4.78 is 5.64. The number of nitrogens with one attached hydrogen (secondary N) is 2. The molecule has 150 valence electrons. The molecule has 0 aliphatic rings. The zero-order chi connectivity index (χ0) is 21.1. The molecule has 0 fully saturated rings. The highest BCUT2D eigenvalue weighted by Crippen LogP contribution is 2.33. The zero-order valence-electron chi connectivity index (χ0n) is 15.5. The number of hydrogen-bond donors (Lipinski definition) is 2. The number of hydrogen-bond acceptors (Lipinski definition) is 6. The van der Waals surface area contributed by atoms with Gasteiger partial charge in [0, 0.05) is 23.0 Å². The van der Waals surface area contributed by atoms with Crippen LogP contribution in [0.2, 0.25) is 5.02 Å². The van der Waals surface area contributed by atoms with Gasteiger partial charge in [-0.3, -0.25) is 14.9 Å². The molecule has 0 amide bonds. The number of anilines is 1. The summed E-state index contributed by atoms with van der Waals surface area (Å²) in [5.41, 5.74) is 0.489. The minimum absolute atomic E-state index is 0.110. The van der Waals surface area contributed by atoms with Crippen LogP contribution in [0.15, 0.2) is 71.5 Å². The summed E-state index contributed by atoms with van der Waals surface area (Å²) in [7, 11) is 0. The summed E-state index contributed by atoms with van der Waals surface area (Å²) in [5, 5.41) is 22.5. The first-order valence-electron chi connectivity index (χ1n) is 8.93. The summed E-state index contributed by atoms with van der Waals surface area (Å²) in [6.07, 6.45) is 0. The van der Waals surface area contributed by atoms with Crippen molar-refractivity contribution in [1.82, 2.24) is 10.2 Å². The predicted molar refractivity (Wildman–Crippen MR) is 114 cm³/mol. The molecule has 4 rings (SSSR count). The van der Waals surface area contributed by atoms with Gasteiger partial charge in [0.2, 0.25) is 5.75 Å². The van der Waals surface area contributed by atoms with E-state index < -0.39 is 4.92 Å². The number of H-pyrrole nitrogens is 1. The molecule has 0 radical (unpaired) electrons. The molecule has 3 aromatic carbocycles. The van der Waals surface area contributed by atoms with E-state index in [0.29, 0.717) is 23.5 Å². The normalized spacial score (nSPS) is 10.7. The Morgan fingerprint density at radius 2 is 1.80 bits per heavy atom. The van der Waals surface area contributed by atoms with Crippen molar-refractivity contribution in [3.8, 4) is 11.5 Å². The largest absolute Gasteiger partial charge is 0.450 e. The predicted octanol–water partition coefficient (Wildman–Crippen LogP) is 4.89. The SMILES string of the molecule is O=c1[nH]nc(NCc2ccc(Oc3ccc(Cl)cc3[N+](=O)[O-])cc2)c2ccccc12. The van der Waals surface area contributed by atoms with Crippen molar-refractivity contribution in [2.75, 3.05) is 5.32 Å². The van der Waals surface area contributed by atoms with E-state index >= 15 is 0 Å². The molecule has 1 heterocycles. The number of nitrogens with zero attached hydrogens (tertiary/aromatic N) is 2. The molecule has 8 nitrogen and oxygen atoms in total.